The largest absolute Gasteiger partial charge is 0.309 e. The molecule has 0 radical (unpaired) electrons. The van der Waals surface area contributed by atoms with E-state index in [9.17, 15) is 5.26 Å². The van der Waals surface area contributed by atoms with Crippen LogP contribution in [-0.4, -0.2) is 41.3 Å². The van der Waals surface area contributed by atoms with Gasteiger partial charge >= 0.3 is 0 Å². The predicted molar refractivity (Wildman–Crippen MR) is 351 cm³/mol. The third kappa shape index (κ3) is 7.29. The Morgan fingerprint density at radius 3 is 1.02 bits per heavy atom. The number of nitrogens with zero attached hydrogens (tertiary/aromatic N) is 8. The standard InChI is InChI=1S/C76H48N8Si/c77-49-50-36-43-63-62-30-14-19-35-70(62)84(73(63)46-50)76-79-74(51-37-41-57(42-38-51)85(54-20-4-1-5-21-54,55-22-6-2-7-23-55)56-24-8-3-9-25-56)78-75(80-76)83-71-44-39-52(81-66-31-15-10-26-58(66)59-27-11-16-32-67(59)81)47-64(71)65-48-53(40-45-72(65)83)82-68-33-17-12-28-60(68)61-29-13-18-34-69(61)82/h1-48H. The van der Waals surface area contributed by atoms with Crippen LogP contribution in [0.2, 0.25) is 0 Å². The molecule has 85 heavy (non-hydrogen) atoms. The number of fused-ring (bicyclic) bond motifs is 12. The van der Waals surface area contributed by atoms with Crippen molar-refractivity contribution in [2.24, 2.45) is 0 Å². The molecule has 396 valence electrons. The highest BCUT2D eigenvalue weighted by Gasteiger charge is 2.41. The summed E-state index contributed by atoms with van der Waals surface area (Å²) in [6, 6.07) is 107. The molecular weight excluding hydrogens is 1050 g/mol. The summed E-state index contributed by atoms with van der Waals surface area (Å²) in [4.78, 5) is 16.7. The van der Waals surface area contributed by atoms with Gasteiger partial charge in [0.15, 0.2) is 13.9 Å². The smallest absolute Gasteiger partial charge is 0.240 e. The van der Waals surface area contributed by atoms with Crippen LogP contribution < -0.4 is 20.7 Å². The van der Waals surface area contributed by atoms with E-state index in [0.29, 0.717) is 23.3 Å². The van der Waals surface area contributed by atoms with Crippen molar-refractivity contribution in [1.82, 2.24) is 33.2 Å². The summed E-state index contributed by atoms with van der Waals surface area (Å²) in [6.07, 6.45) is 0. The quantitative estimate of drug-likeness (QED) is 0.107. The van der Waals surface area contributed by atoms with Crippen molar-refractivity contribution in [3.05, 3.63) is 297 Å². The summed E-state index contributed by atoms with van der Waals surface area (Å²) >= 11 is 0. The minimum absolute atomic E-state index is 0.436. The van der Waals surface area contributed by atoms with Gasteiger partial charge in [-0.15, -0.1) is 0 Å². The summed E-state index contributed by atoms with van der Waals surface area (Å²) < 4.78 is 9.08. The minimum atomic E-state index is -2.87. The van der Waals surface area contributed by atoms with Crippen molar-refractivity contribution in [3.8, 4) is 40.7 Å². The lowest BCUT2D eigenvalue weighted by atomic mass is 10.1. The average Bonchev–Trinajstić information content (AvgIpc) is 2.35. The molecule has 8 nitrogen and oxygen atoms in total. The second kappa shape index (κ2) is 19.1. The third-order valence-electron chi connectivity index (χ3n) is 17.4. The molecule has 0 aliphatic rings. The second-order valence-corrected chi connectivity index (χ2v) is 25.7. The Kier molecular flexibility index (Phi) is 10.8. The molecule has 0 aliphatic heterocycles. The van der Waals surface area contributed by atoms with Crippen LogP contribution in [0.25, 0.3) is 122 Å². The Bertz CT molecular complexity index is 5180. The van der Waals surface area contributed by atoms with Crippen molar-refractivity contribution in [1.29, 1.82) is 5.26 Å². The number of hydrogen-bond acceptors (Lipinski definition) is 4. The zero-order valence-electron chi connectivity index (χ0n) is 45.8. The fourth-order valence-electron chi connectivity index (χ4n) is 13.8. The van der Waals surface area contributed by atoms with E-state index in [1.807, 2.05) is 24.3 Å². The molecule has 0 saturated carbocycles. The zero-order valence-corrected chi connectivity index (χ0v) is 46.8. The molecule has 0 bridgehead atoms. The number of hydrogen-bond donors (Lipinski definition) is 0. The first-order chi connectivity index (χ1) is 42.1. The molecule has 17 rings (SSSR count). The molecule has 9 heteroatoms. The molecule has 12 aromatic carbocycles. The van der Waals surface area contributed by atoms with Crippen molar-refractivity contribution < 1.29 is 0 Å². The van der Waals surface area contributed by atoms with Gasteiger partial charge in [-0.05, 0) is 99.6 Å². The first-order valence-corrected chi connectivity index (χ1v) is 30.7. The number of para-hydroxylation sites is 5. The van der Waals surface area contributed by atoms with Gasteiger partial charge in [0.2, 0.25) is 11.9 Å². The molecule has 0 unspecified atom stereocenters. The number of nitriles is 1. The molecular formula is C76H48N8Si. The zero-order chi connectivity index (χ0) is 56.2. The van der Waals surface area contributed by atoms with Gasteiger partial charge in [-0.1, -0.05) is 212 Å². The topological polar surface area (TPSA) is 82.2 Å². The van der Waals surface area contributed by atoms with E-state index in [1.165, 1.54) is 42.3 Å². The van der Waals surface area contributed by atoms with E-state index in [4.69, 9.17) is 15.0 Å². The SMILES string of the molecule is N#Cc1ccc2c3ccccc3n(-c3nc(-c4ccc([Si](c5ccccc5)(c5ccccc5)c5ccccc5)cc4)nc(-n4c5ccc(-n6c7ccccc7c7ccccc76)cc5c5cc(-n6c7ccccc7c7ccccc76)ccc54)n3)c2c1. The van der Waals surface area contributed by atoms with Crippen LogP contribution in [0.5, 0.6) is 0 Å². The highest BCUT2D eigenvalue weighted by atomic mass is 28.3. The van der Waals surface area contributed by atoms with E-state index < -0.39 is 8.07 Å². The normalized spacial score (nSPS) is 12.0. The molecule has 0 N–H and O–H groups in total. The van der Waals surface area contributed by atoms with Gasteiger partial charge in [-0.25, -0.2) is 0 Å². The maximum Gasteiger partial charge on any atom is 0.240 e. The van der Waals surface area contributed by atoms with Gasteiger partial charge in [0.25, 0.3) is 0 Å². The van der Waals surface area contributed by atoms with Gasteiger partial charge in [0.1, 0.15) is 0 Å². The second-order valence-electron chi connectivity index (χ2n) is 21.9. The average molecular weight is 1100 g/mol. The molecule has 0 fully saturated rings. The minimum Gasteiger partial charge on any atom is -0.309 e. The van der Waals surface area contributed by atoms with Crippen LogP contribution in [0.1, 0.15) is 5.56 Å². The lowest BCUT2D eigenvalue weighted by Gasteiger charge is -2.34. The molecule has 17 aromatic rings. The van der Waals surface area contributed by atoms with Gasteiger partial charge in [0, 0.05) is 60.0 Å². The number of benzene rings is 12. The van der Waals surface area contributed by atoms with E-state index in [-0.39, 0.29) is 0 Å². The Morgan fingerprint density at radius 1 is 0.271 bits per heavy atom. The summed E-state index contributed by atoms with van der Waals surface area (Å²) in [5.41, 5.74) is 11.7. The van der Waals surface area contributed by atoms with E-state index >= 15 is 0 Å². The predicted octanol–water partition coefficient (Wildman–Crippen LogP) is 15.2. The Hall–Kier alpha value is -11.4. The summed E-state index contributed by atoms with van der Waals surface area (Å²) in [6.45, 7) is 0. The number of rotatable bonds is 9. The van der Waals surface area contributed by atoms with Crippen LogP contribution in [0, 0.1) is 11.3 Å². The van der Waals surface area contributed by atoms with Gasteiger partial charge in [-0.3, -0.25) is 9.13 Å². The van der Waals surface area contributed by atoms with Gasteiger partial charge in [-0.2, -0.15) is 20.2 Å². The first-order valence-electron chi connectivity index (χ1n) is 28.7. The van der Waals surface area contributed by atoms with E-state index in [0.717, 1.165) is 82.6 Å². The van der Waals surface area contributed by atoms with Crippen molar-refractivity contribution in [3.63, 3.8) is 0 Å². The molecule has 0 spiro atoms. The summed E-state index contributed by atoms with van der Waals surface area (Å²) in [5.74, 6) is 1.41. The molecule has 5 aromatic heterocycles. The van der Waals surface area contributed by atoms with Crippen LogP contribution >= 0.6 is 0 Å². The monoisotopic (exact) mass is 1100 g/mol. The summed E-state index contributed by atoms with van der Waals surface area (Å²) in [5, 5.41) is 24.4. The molecule has 0 aliphatic carbocycles. The molecule has 0 atom stereocenters. The fourth-order valence-corrected chi connectivity index (χ4v) is 18.5. The van der Waals surface area contributed by atoms with E-state index in [1.54, 1.807) is 0 Å². The third-order valence-corrected chi connectivity index (χ3v) is 22.2. The van der Waals surface area contributed by atoms with Crippen molar-refractivity contribution >= 4 is 116 Å². The maximum atomic E-state index is 10.4. The molecule has 0 amide bonds. The molecule has 5 heterocycles. The first kappa shape index (κ1) is 48.3. The molecule has 0 saturated heterocycles. The maximum absolute atomic E-state index is 10.4. The summed E-state index contributed by atoms with van der Waals surface area (Å²) in [7, 11) is -2.87. The van der Waals surface area contributed by atoms with Crippen LogP contribution in [0.3, 0.4) is 0 Å². The van der Waals surface area contributed by atoms with Crippen molar-refractivity contribution in [2.75, 3.05) is 0 Å². The van der Waals surface area contributed by atoms with Gasteiger partial charge in [0.05, 0.1) is 55.8 Å². The number of aromatic nitrogens is 7. The van der Waals surface area contributed by atoms with Crippen LogP contribution in [-0.2, 0) is 0 Å². The Morgan fingerprint density at radius 2 is 0.612 bits per heavy atom. The highest BCUT2D eigenvalue weighted by molar-refractivity contribution is 7.19. The fraction of sp³-hybridized carbons (Fsp3) is 0. The van der Waals surface area contributed by atoms with E-state index in [2.05, 4.69) is 291 Å². The lowest BCUT2D eigenvalue weighted by Crippen LogP contribution is -2.74. The van der Waals surface area contributed by atoms with Crippen LogP contribution in [0.4, 0.5) is 0 Å². The highest BCUT2D eigenvalue weighted by Crippen LogP contribution is 2.40. The van der Waals surface area contributed by atoms with Crippen molar-refractivity contribution in [2.45, 2.75) is 0 Å². The lowest BCUT2D eigenvalue weighted by molar-refractivity contribution is 0.892. The van der Waals surface area contributed by atoms with Gasteiger partial charge < -0.3 is 9.13 Å². The van der Waals surface area contributed by atoms with Crippen LogP contribution in [0.15, 0.2) is 291 Å². The Labute approximate surface area is 489 Å². The Balaban J connectivity index is 0.944.